The molecule has 2 aromatic rings. The maximum Gasteiger partial charge on any atom is 0.339 e. The molecule has 0 bridgehead atoms. The van der Waals surface area contributed by atoms with Gasteiger partial charge in [0, 0.05) is 24.4 Å². The lowest BCUT2D eigenvalue weighted by atomic mass is 10.1. The van der Waals surface area contributed by atoms with Gasteiger partial charge in [0.1, 0.15) is 5.65 Å². The molecule has 0 saturated carbocycles. The van der Waals surface area contributed by atoms with Crippen LogP contribution in [0.2, 0.25) is 0 Å². The normalized spacial score (nSPS) is 10.7. The highest BCUT2D eigenvalue weighted by molar-refractivity contribution is 6.07. The molecule has 0 spiro atoms. The number of anilines is 1. The molecule has 2 aromatic heterocycles. The van der Waals surface area contributed by atoms with E-state index in [9.17, 15) is 9.59 Å². The summed E-state index contributed by atoms with van der Waals surface area (Å²) in [5.41, 5.74) is 6.43. The van der Waals surface area contributed by atoms with Crippen LogP contribution in [0.15, 0.2) is 16.9 Å². The SMILES string of the molecule is CCOC(=O)c1cc(OCC)nc2c1c(N)cc(=O)n2CC. The predicted octanol–water partition coefficient (Wildman–Crippen LogP) is 1.57. The number of nitrogens with zero attached hydrogens (tertiary/aromatic N) is 2. The highest BCUT2D eigenvalue weighted by atomic mass is 16.5. The van der Waals surface area contributed by atoms with Crippen LogP contribution in [-0.2, 0) is 11.3 Å². The van der Waals surface area contributed by atoms with Gasteiger partial charge in [-0.1, -0.05) is 0 Å². The lowest BCUT2D eigenvalue weighted by Gasteiger charge is -2.14. The van der Waals surface area contributed by atoms with E-state index in [4.69, 9.17) is 15.2 Å². The molecule has 0 saturated heterocycles. The van der Waals surface area contributed by atoms with Crippen molar-refractivity contribution < 1.29 is 14.3 Å². The Bertz CT molecular complexity index is 767. The minimum atomic E-state index is -0.524. The van der Waals surface area contributed by atoms with Crippen LogP contribution >= 0.6 is 0 Å². The van der Waals surface area contributed by atoms with Gasteiger partial charge in [-0.15, -0.1) is 0 Å². The number of rotatable bonds is 5. The second-order valence-corrected chi connectivity index (χ2v) is 4.54. The standard InChI is InChI=1S/C15H19N3O4/c1-4-18-12(19)8-10(16)13-9(15(20)22-6-3)7-11(21-5-2)17-14(13)18/h7-8H,4-6,16H2,1-3H3. The van der Waals surface area contributed by atoms with Crippen LogP contribution in [0.3, 0.4) is 0 Å². The summed E-state index contributed by atoms with van der Waals surface area (Å²) >= 11 is 0. The topological polar surface area (TPSA) is 96.4 Å². The van der Waals surface area contributed by atoms with Crippen LogP contribution in [0.5, 0.6) is 5.88 Å². The van der Waals surface area contributed by atoms with Gasteiger partial charge in [-0.05, 0) is 20.8 Å². The van der Waals surface area contributed by atoms with Crippen LogP contribution in [0.25, 0.3) is 11.0 Å². The maximum absolute atomic E-state index is 12.2. The number of hydrogen-bond donors (Lipinski definition) is 1. The van der Waals surface area contributed by atoms with E-state index in [1.165, 1.54) is 16.7 Å². The lowest BCUT2D eigenvalue weighted by molar-refractivity contribution is 0.0528. The monoisotopic (exact) mass is 305 g/mol. The van der Waals surface area contributed by atoms with Crippen LogP contribution in [0, 0.1) is 0 Å². The van der Waals surface area contributed by atoms with E-state index in [1.807, 2.05) is 13.8 Å². The Labute approximate surface area is 127 Å². The van der Waals surface area contributed by atoms with Crippen molar-refractivity contribution >= 4 is 22.7 Å². The Balaban J connectivity index is 2.86. The van der Waals surface area contributed by atoms with E-state index in [0.29, 0.717) is 24.2 Å². The van der Waals surface area contributed by atoms with E-state index in [2.05, 4.69) is 4.98 Å². The zero-order valence-corrected chi connectivity index (χ0v) is 12.9. The van der Waals surface area contributed by atoms with Crippen molar-refractivity contribution in [3.8, 4) is 5.88 Å². The molecule has 0 aliphatic carbocycles. The first-order chi connectivity index (χ1) is 10.5. The molecule has 0 aliphatic rings. The van der Waals surface area contributed by atoms with Gasteiger partial charge in [0.05, 0.1) is 24.2 Å². The zero-order valence-electron chi connectivity index (χ0n) is 12.9. The molecule has 0 fully saturated rings. The second kappa shape index (κ2) is 6.46. The summed E-state index contributed by atoms with van der Waals surface area (Å²) in [6.45, 7) is 6.37. The summed E-state index contributed by atoms with van der Waals surface area (Å²) in [4.78, 5) is 28.6. The third kappa shape index (κ3) is 2.74. The summed E-state index contributed by atoms with van der Waals surface area (Å²) in [6, 6.07) is 2.78. The van der Waals surface area contributed by atoms with Crippen LogP contribution < -0.4 is 16.0 Å². The van der Waals surface area contributed by atoms with Gasteiger partial charge in [-0.3, -0.25) is 9.36 Å². The molecule has 0 atom stereocenters. The molecule has 7 heteroatoms. The van der Waals surface area contributed by atoms with Gasteiger partial charge in [0.2, 0.25) is 5.88 Å². The van der Waals surface area contributed by atoms with E-state index in [0.717, 1.165) is 0 Å². The average Bonchev–Trinajstić information content (AvgIpc) is 2.47. The van der Waals surface area contributed by atoms with Gasteiger partial charge in [-0.25, -0.2) is 4.79 Å². The Hall–Kier alpha value is -2.57. The quantitative estimate of drug-likeness (QED) is 0.842. The minimum absolute atomic E-state index is 0.198. The minimum Gasteiger partial charge on any atom is -0.478 e. The molecule has 2 rings (SSSR count). The van der Waals surface area contributed by atoms with Crippen molar-refractivity contribution in [2.45, 2.75) is 27.3 Å². The molecule has 0 radical (unpaired) electrons. The number of hydrogen-bond acceptors (Lipinski definition) is 6. The van der Waals surface area contributed by atoms with Gasteiger partial charge >= 0.3 is 5.97 Å². The Morgan fingerprint density at radius 2 is 2.00 bits per heavy atom. The molecule has 7 nitrogen and oxygen atoms in total. The fraction of sp³-hybridized carbons (Fsp3) is 0.400. The first-order valence-corrected chi connectivity index (χ1v) is 7.17. The molecule has 22 heavy (non-hydrogen) atoms. The van der Waals surface area contributed by atoms with Gasteiger partial charge in [0.25, 0.3) is 5.56 Å². The summed E-state index contributed by atoms with van der Waals surface area (Å²) in [5, 5.41) is 0.406. The lowest BCUT2D eigenvalue weighted by Crippen LogP contribution is -2.22. The van der Waals surface area contributed by atoms with Crippen molar-refractivity contribution in [2.24, 2.45) is 0 Å². The highest BCUT2D eigenvalue weighted by Gasteiger charge is 2.19. The van der Waals surface area contributed by atoms with E-state index in [1.54, 1.807) is 6.92 Å². The third-order valence-electron chi connectivity index (χ3n) is 3.17. The highest BCUT2D eigenvalue weighted by Crippen LogP contribution is 2.26. The average molecular weight is 305 g/mol. The first kappa shape index (κ1) is 15.8. The van der Waals surface area contributed by atoms with Crippen molar-refractivity contribution in [1.82, 2.24) is 9.55 Å². The number of aryl methyl sites for hydroxylation is 1. The summed E-state index contributed by atoms with van der Waals surface area (Å²) in [7, 11) is 0. The Kier molecular flexibility index (Phi) is 4.65. The molecule has 0 aromatic carbocycles. The van der Waals surface area contributed by atoms with Gasteiger partial charge in [0.15, 0.2) is 0 Å². The van der Waals surface area contributed by atoms with E-state index >= 15 is 0 Å². The molecule has 2 N–H and O–H groups in total. The zero-order chi connectivity index (χ0) is 16.3. The molecule has 2 heterocycles. The van der Waals surface area contributed by atoms with Crippen molar-refractivity contribution in [1.29, 1.82) is 0 Å². The number of carbonyl (C=O) groups is 1. The van der Waals surface area contributed by atoms with Crippen molar-refractivity contribution in [3.05, 3.63) is 28.0 Å². The van der Waals surface area contributed by atoms with Crippen LogP contribution in [-0.4, -0.2) is 28.7 Å². The Morgan fingerprint density at radius 1 is 1.27 bits per heavy atom. The first-order valence-electron chi connectivity index (χ1n) is 7.17. The summed E-state index contributed by atoms with van der Waals surface area (Å²) in [6.07, 6.45) is 0. The molecule has 0 aliphatic heterocycles. The van der Waals surface area contributed by atoms with Gasteiger partial charge in [-0.2, -0.15) is 4.98 Å². The molecule has 0 amide bonds. The van der Waals surface area contributed by atoms with Gasteiger partial charge < -0.3 is 15.2 Å². The number of fused-ring (bicyclic) bond motifs is 1. The van der Waals surface area contributed by atoms with Crippen LogP contribution in [0.4, 0.5) is 5.69 Å². The maximum atomic E-state index is 12.2. The Morgan fingerprint density at radius 3 is 2.59 bits per heavy atom. The van der Waals surface area contributed by atoms with Crippen molar-refractivity contribution in [2.75, 3.05) is 18.9 Å². The second-order valence-electron chi connectivity index (χ2n) is 4.54. The number of ether oxygens (including phenoxy) is 2. The fourth-order valence-electron chi connectivity index (χ4n) is 2.27. The number of pyridine rings is 2. The summed E-state index contributed by atoms with van der Waals surface area (Å²) < 4.78 is 11.9. The predicted molar refractivity (Wildman–Crippen MR) is 83.2 cm³/mol. The smallest absolute Gasteiger partial charge is 0.339 e. The fourth-order valence-corrected chi connectivity index (χ4v) is 2.27. The largest absolute Gasteiger partial charge is 0.478 e. The third-order valence-corrected chi connectivity index (χ3v) is 3.17. The number of carbonyl (C=O) groups excluding carboxylic acids is 1. The number of nitrogens with two attached hydrogens (primary N) is 1. The van der Waals surface area contributed by atoms with E-state index < -0.39 is 5.97 Å². The molecule has 0 unspecified atom stereocenters. The molecule has 118 valence electrons. The number of nitrogen functional groups attached to an aromatic ring is 1. The number of aromatic nitrogens is 2. The van der Waals surface area contributed by atoms with Crippen molar-refractivity contribution in [3.63, 3.8) is 0 Å². The van der Waals surface area contributed by atoms with E-state index in [-0.39, 0.29) is 29.3 Å². The molecular weight excluding hydrogens is 286 g/mol. The molecular formula is C15H19N3O4. The summed E-state index contributed by atoms with van der Waals surface area (Å²) in [5.74, 6) is -0.269. The van der Waals surface area contributed by atoms with Crippen LogP contribution in [0.1, 0.15) is 31.1 Å². The number of esters is 1.